The van der Waals surface area contributed by atoms with Crippen molar-refractivity contribution in [3.05, 3.63) is 77.3 Å². The number of nitrogens with one attached hydrogen (secondary N) is 2. The largest absolute Gasteiger partial charge is 0.495 e. The number of rotatable bonds is 8. The summed E-state index contributed by atoms with van der Waals surface area (Å²) in [6.07, 6.45) is 0. The van der Waals surface area contributed by atoms with Crippen LogP contribution in [0.4, 0.5) is 20.2 Å². The molecule has 0 heterocycles. The number of methoxy groups -OCH3 is 1. The molecule has 3 aromatic rings. The van der Waals surface area contributed by atoms with Gasteiger partial charge in [-0.3, -0.25) is 9.52 Å². The van der Waals surface area contributed by atoms with E-state index in [1.54, 1.807) is 0 Å². The van der Waals surface area contributed by atoms with Crippen LogP contribution in [0.2, 0.25) is 5.02 Å². The molecular formula is C21H17ClF2N2O5S. The molecule has 0 aliphatic rings. The van der Waals surface area contributed by atoms with Gasteiger partial charge in [-0.25, -0.2) is 17.2 Å². The van der Waals surface area contributed by atoms with Gasteiger partial charge in [0.15, 0.2) is 6.61 Å². The first-order valence-electron chi connectivity index (χ1n) is 9.02. The average molecular weight is 483 g/mol. The Kier molecular flexibility index (Phi) is 7.16. The van der Waals surface area contributed by atoms with E-state index in [1.165, 1.54) is 49.6 Å². The summed E-state index contributed by atoms with van der Waals surface area (Å²) < 4.78 is 64.3. The van der Waals surface area contributed by atoms with Gasteiger partial charge in [-0.1, -0.05) is 11.6 Å². The van der Waals surface area contributed by atoms with Crippen LogP contribution in [-0.2, 0) is 14.8 Å². The van der Waals surface area contributed by atoms with Crippen LogP contribution >= 0.6 is 11.6 Å². The lowest BCUT2D eigenvalue weighted by Gasteiger charge is -2.11. The molecule has 0 unspecified atom stereocenters. The van der Waals surface area contributed by atoms with Crippen molar-refractivity contribution in [2.45, 2.75) is 4.90 Å². The molecule has 3 rings (SSSR count). The van der Waals surface area contributed by atoms with Crippen molar-refractivity contribution in [3.8, 4) is 11.5 Å². The predicted molar refractivity (Wildman–Crippen MR) is 116 cm³/mol. The van der Waals surface area contributed by atoms with Gasteiger partial charge in [0.25, 0.3) is 15.9 Å². The number of amides is 1. The highest BCUT2D eigenvalue weighted by atomic mass is 35.5. The lowest BCUT2D eigenvalue weighted by molar-refractivity contribution is -0.118. The van der Waals surface area contributed by atoms with E-state index in [2.05, 4.69) is 10.0 Å². The van der Waals surface area contributed by atoms with Crippen molar-refractivity contribution in [1.82, 2.24) is 0 Å². The maximum absolute atomic E-state index is 13.6. The van der Waals surface area contributed by atoms with Gasteiger partial charge in [-0.15, -0.1) is 0 Å². The number of sulfonamides is 1. The number of carbonyl (C=O) groups excluding carboxylic acids is 1. The highest BCUT2D eigenvalue weighted by Crippen LogP contribution is 2.28. The smallest absolute Gasteiger partial charge is 0.262 e. The van der Waals surface area contributed by atoms with Crippen molar-refractivity contribution < 1.29 is 31.5 Å². The number of carbonyl (C=O) groups is 1. The summed E-state index contributed by atoms with van der Waals surface area (Å²) in [5.41, 5.74) is 0.0620. The number of halogens is 3. The number of anilines is 2. The minimum Gasteiger partial charge on any atom is -0.495 e. The van der Waals surface area contributed by atoms with Gasteiger partial charge in [0.2, 0.25) is 0 Å². The summed E-state index contributed by atoms with van der Waals surface area (Å²) >= 11 is 6.01. The molecule has 11 heteroatoms. The Hall–Kier alpha value is -3.37. The Morgan fingerprint density at radius 1 is 1.03 bits per heavy atom. The summed E-state index contributed by atoms with van der Waals surface area (Å²) in [4.78, 5) is 11.9. The molecule has 2 N–H and O–H groups in total. The molecule has 0 aliphatic carbocycles. The third kappa shape index (κ3) is 5.86. The number of ether oxygens (including phenoxy) is 2. The van der Waals surface area contributed by atoms with Crippen LogP contribution in [0, 0.1) is 11.6 Å². The van der Waals surface area contributed by atoms with E-state index in [0.717, 1.165) is 12.1 Å². The van der Waals surface area contributed by atoms with Gasteiger partial charge in [0.1, 0.15) is 23.1 Å². The Labute approximate surface area is 188 Å². The molecule has 32 heavy (non-hydrogen) atoms. The quantitative estimate of drug-likeness (QED) is 0.495. The number of hydrogen-bond acceptors (Lipinski definition) is 5. The molecule has 3 aromatic carbocycles. The molecule has 168 valence electrons. The molecule has 0 saturated carbocycles. The molecule has 0 aromatic heterocycles. The number of benzene rings is 3. The molecular weight excluding hydrogens is 466 g/mol. The van der Waals surface area contributed by atoms with E-state index < -0.39 is 34.2 Å². The molecule has 7 nitrogen and oxygen atoms in total. The van der Waals surface area contributed by atoms with E-state index in [1.807, 2.05) is 0 Å². The summed E-state index contributed by atoms with van der Waals surface area (Å²) in [5, 5.41) is 2.50. The first-order chi connectivity index (χ1) is 15.2. The normalized spacial score (nSPS) is 11.0. The van der Waals surface area contributed by atoms with Crippen LogP contribution < -0.4 is 19.5 Å². The minimum absolute atomic E-state index is 0.0466. The summed E-state index contributed by atoms with van der Waals surface area (Å²) in [6, 6.07) is 12.5. The maximum Gasteiger partial charge on any atom is 0.262 e. The first-order valence-corrected chi connectivity index (χ1v) is 10.9. The second-order valence-corrected chi connectivity index (χ2v) is 8.48. The van der Waals surface area contributed by atoms with Gasteiger partial charge < -0.3 is 14.8 Å². The summed E-state index contributed by atoms with van der Waals surface area (Å²) in [6.45, 7) is -0.467. The fourth-order valence-corrected chi connectivity index (χ4v) is 3.89. The Morgan fingerprint density at radius 2 is 1.75 bits per heavy atom. The van der Waals surface area contributed by atoms with Gasteiger partial charge in [-0.05, 0) is 54.6 Å². The molecule has 0 aliphatic heterocycles. The monoisotopic (exact) mass is 482 g/mol. The van der Waals surface area contributed by atoms with E-state index >= 15 is 0 Å². The third-order valence-corrected chi connectivity index (χ3v) is 5.81. The maximum atomic E-state index is 13.6. The summed E-state index contributed by atoms with van der Waals surface area (Å²) in [7, 11) is -2.46. The fraction of sp³-hybridized carbons (Fsp3) is 0.0952. The fourth-order valence-electron chi connectivity index (χ4n) is 2.58. The highest BCUT2D eigenvalue weighted by molar-refractivity contribution is 7.92. The zero-order valence-corrected chi connectivity index (χ0v) is 18.1. The summed E-state index contributed by atoms with van der Waals surface area (Å²) in [5.74, 6) is -1.74. The lowest BCUT2D eigenvalue weighted by atomic mass is 10.3. The SMILES string of the molecule is COc1ccc(NS(=O)(=O)c2ccc(OCC(=O)Nc3ccc(F)cc3F)cc2)cc1Cl. The van der Waals surface area contributed by atoms with E-state index in [-0.39, 0.29) is 27.0 Å². The molecule has 0 radical (unpaired) electrons. The Balaban J connectivity index is 1.60. The zero-order chi connectivity index (χ0) is 23.3. The first kappa shape index (κ1) is 23.3. The number of hydrogen-bond donors (Lipinski definition) is 2. The van der Waals surface area contributed by atoms with Gasteiger partial charge in [0, 0.05) is 6.07 Å². The molecule has 1 amide bonds. The second kappa shape index (κ2) is 9.84. The van der Waals surface area contributed by atoms with Gasteiger partial charge in [0.05, 0.1) is 28.4 Å². The van der Waals surface area contributed by atoms with Crippen LogP contribution in [0.1, 0.15) is 0 Å². The van der Waals surface area contributed by atoms with Crippen molar-refractivity contribution in [3.63, 3.8) is 0 Å². The van der Waals surface area contributed by atoms with E-state index in [0.29, 0.717) is 11.8 Å². The van der Waals surface area contributed by atoms with Crippen molar-refractivity contribution in [2.24, 2.45) is 0 Å². The van der Waals surface area contributed by atoms with Crippen LogP contribution in [-0.4, -0.2) is 28.0 Å². The highest BCUT2D eigenvalue weighted by Gasteiger charge is 2.16. The standard InChI is InChI=1S/C21H17ClF2N2O5S/c1-30-20-9-3-14(11-17(20)22)26-32(28,29)16-6-4-15(5-7-16)31-12-21(27)25-19-8-2-13(23)10-18(19)24/h2-11,26H,12H2,1H3,(H,25,27). The van der Waals surface area contributed by atoms with Crippen molar-refractivity contribution in [2.75, 3.05) is 23.8 Å². The van der Waals surface area contributed by atoms with Gasteiger partial charge in [-0.2, -0.15) is 0 Å². The lowest BCUT2D eigenvalue weighted by Crippen LogP contribution is -2.21. The Morgan fingerprint density at radius 3 is 2.38 bits per heavy atom. The van der Waals surface area contributed by atoms with Crippen LogP contribution in [0.3, 0.4) is 0 Å². The Bertz CT molecular complexity index is 1240. The van der Waals surface area contributed by atoms with Crippen molar-refractivity contribution >= 4 is 38.9 Å². The van der Waals surface area contributed by atoms with E-state index in [9.17, 15) is 22.0 Å². The minimum atomic E-state index is -3.90. The predicted octanol–water partition coefficient (Wildman–Crippen LogP) is 4.45. The van der Waals surface area contributed by atoms with Gasteiger partial charge >= 0.3 is 0 Å². The molecule has 0 saturated heterocycles. The molecule has 0 bridgehead atoms. The molecule has 0 atom stereocenters. The topological polar surface area (TPSA) is 93.7 Å². The average Bonchev–Trinajstić information content (AvgIpc) is 2.74. The van der Waals surface area contributed by atoms with Crippen LogP contribution in [0.15, 0.2) is 65.6 Å². The zero-order valence-electron chi connectivity index (χ0n) is 16.6. The van der Waals surface area contributed by atoms with Crippen molar-refractivity contribution in [1.29, 1.82) is 0 Å². The van der Waals surface area contributed by atoms with E-state index in [4.69, 9.17) is 21.1 Å². The molecule has 0 spiro atoms. The second-order valence-electron chi connectivity index (χ2n) is 6.39. The van der Waals surface area contributed by atoms with Crippen LogP contribution in [0.25, 0.3) is 0 Å². The molecule has 0 fully saturated rings. The third-order valence-electron chi connectivity index (χ3n) is 4.11. The van der Waals surface area contributed by atoms with Crippen LogP contribution in [0.5, 0.6) is 11.5 Å².